The number of anilines is 2. The summed E-state index contributed by atoms with van der Waals surface area (Å²) in [6.45, 7) is 6.35. The van der Waals surface area contributed by atoms with Gasteiger partial charge in [0, 0.05) is 36.9 Å². The lowest BCUT2D eigenvalue weighted by molar-refractivity contribution is -0.137. The molecule has 6 heteroatoms. The highest BCUT2D eigenvalue weighted by Gasteiger charge is 2.39. The van der Waals surface area contributed by atoms with E-state index in [1.165, 1.54) is 29.8 Å². The van der Waals surface area contributed by atoms with E-state index in [0.29, 0.717) is 11.3 Å². The van der Waals surface area contributed by atoms with Crippen LogP contribution in [0.15, 0.2) is 72.7 Å². The number of hydrogen-bond donors (Lipinski definition) is 1. The molecule has 3 heterocycles. The van der Waals surface area contributed by atoms with Crippen LogP contribution in [-0.4, -0.2) is 34.8 Å². The largest absolute Gasteiger partial charge is 0.372 e. The number of carbonyl (C=O) groups excluding carboxylic acids is 2. The molecular weight excluding hydrogens is 436 g/mol. The summed E-state index contributed by atoms with van der Waals surface area (Å²) in [5, 5.41) is 3.29. The maximum atomic E-state index is 13.6. The molecule has 0 saturated carbocycles. The van der Waals surface area contributed by atoms with E-state index in [2.05, 4.69) is 27.3 Å². The summed E-state index contributed by atoms with van der Waals surface area (Å²) < 4.78 is 0. The van der Waals surface area contributed by atoms with Crippen molar-refractivity contribution in [1.29, 1.82) is 0 Å². The van der Waals surface area contributed by atoms with Crippen LogP contribution in [0.2, 0.25) is 0 Å². The van der Waals surface area contributed by atoms with Crippen LogP contribution in [0.4, 0.5) is 11.4 Å². The Kier molecular flexibility index (Phi) is 6.36. The van der Waals surface area contributed by atoms with Crippen LogP contribution in [-0.2, 0) is 16.1 Å². The second kappa shape index (κ2) is 9.74. The summed E-state index contributed by atoms with van der Waals surface area (Å²) in [6.07, 6.45) is 7.06. The molecule has 178 valence electrons. The molecule has 0 unspecified atom stereocenters. The molecule has 35 heavy (non-hydrogen) atoms. The Bertz CT molecular complexity index is 1280. The first-order chi connectivity index (χ1) is 17.0. The third-order valence-corrected chi connectivity index (χ3v) is 6.77. The monoisotopic (exact) mass is 466 g/mol. The Morgan fingerprint density at radius 2 is 1.57 bits per heavy atom. The predicted octanol–water partition coefficient (Wildman–Crippen LogP) is 5.08. The van der Waals surface area contributed by atoms with E-state index in [4.69, 9.17) is 0 Å². The van der Waals surface area contributed by atoms with Crippen molar-refractivity contribution in [2.45, 2.75) is 39.7 Å². The fraction of sp³-hybridized carbons (Fsp3) is 0.276. The molecule has 0 bridgehead atoms. The van der Waals surface area contributed by atoms with E-state index in [1.807, 2.05) is 56.3 Å². The van der Waals surface area contributed by atoms with Gasteiger partial charge in [-0.2, -0.15) is 0 Å². The molecule has 1 N–H and O–H groups in total. The molecule has 1 saturated heterocycles. The molecular formula is C29H30N4O2. The number of pyridine rings is 1. The summed E-state index contributed by atoms with van der Waals surface area (Å²) in [6, 6.07) is 17.7. The van der Waals surface area contributed by atoms with Crippen LogP contribution in [0, 0.1) is 13.8 Å². The van der Waals surface area contributed by atoms with Gasteiger partial charge in [0.1, 0.15) is 5.70 Å². The van der Waals surface area contributed by atoms with Crippen molar-refractivity contribution in [3.8, 4) is 0 Å². The fourth-order valence-electron chi connectivity index (χ4n) is 4.90. The molecule has 2 aliphatic rings. The van der Waals surface area contributed by atoms with E-state index < -0.39 is 0 Å². The van der Waals surface area contributed by atoms with Crippen molar-refractivity contribution in [2.75, 3.05) is 23.3 Å². The average molecular weight is 467 g/mol. The van der Waals surface area contributed by atoms with Gasteiger partial charge in [-0.1, -0.05) is 23.8 Å². The first-order valence-electron chi connectivity index (χ1n) is 12.2. The van der Waals surface area contributed by atoms with E-state index >= 15 is 0 Å². The van der Waals surface area contributed by atoms with Crippen LogP contribution in [0.3, 0.4) is 0 Å². The number of rotatable bonds is 6. The Labute approximate surface area is 206 Å². The highest BCUT2D eigenvalue weighted by molar-refractivity contribution is 6.36. The maximum Gasteiger partial charge on any atom is 0.278 e. The topological polar surface area (TPSA) is 65.5 Å². The third-order valence-electron chi connectivity index (χ3n) is 6.77. The lowest BCUT2D eigenvalue weighted by Crippen LogP contribution is -2.32. The number of carbonyl (C=O) groups is 2. The minimum Gasteiger partial charge on any atom is -0.372 e. The van der Waals surface area contributed by atoms with E-state index in [-0.39, 0.29) is 18.4 Å². The number of benzene rings is 2. The number of amides is 2. The van der Waals surface area contributed by atoms with Crippen molar-refractivity contribution in [3.05, 3.63) is 94.9 Å². The highest BCUT2D eigenvalue weighted by atomic mass is 16.2. The molecule has 1 aromatic heterocycles. The zero-order chi connectivity index (χ0) is 24.4. The molecule has 0 spiro atoms. The number of aromatic nitrogens is 1. The summed E-state index contributed by atoms with van der Waals surface area (Å²) in [4.78, 5) is 34.9. The van der Waals surface area contributed by atoms with Crippen LogP contribution in [0.25, 0.3) is 5.57 Å². The van der Waals surface area contributed by atoms with Crippen molar-refractivity contribution in [2.24, 2.45) is 0 Å². The predicted molar refractivity (Wildman–Crippen MR) is 139 cm³/mol. The van der Waals surface area contributed by atoms with E-state index in [0.717, 1.165) is 41.0 Å². The molecule has 0 radical (unpaired) electrons. The van der Waals surface area contributed by atoms with Gasteiger partial charge in [0.05, 0.1) is 12.1 Å². The van der Waals surface area contributed by atoms with Crippen molar-refractivity contribution < 1.29 is 9.59 Å². The fourth-order valence-corrected chi connectivity index (χ4v) is 4.90. The van der Waals surface area contributed by atoms with Crippen molar-refractivity contribution in [3.63, 3.8) is 0 Å². The van der Waals surface area contributed by atoms with Gasteiger partial charge in [0.2, 0.25) is 0 Å². The average Bonchev–Trinajstić information content (AvgIpc) is 3.10. The molecule has 6 nitrogen and oxygen atoms in total. The van der Waals surface area contributed by atoms with Gasteiger partial charge >= 0.3 is 0 Å². The minimum atomic E-state index is -0.318. The number of nitrogens with zero attached hydrogens (tertiary/aromatic N) is 3. The molecule has 2 aromatic carbocycles. The molecule has 3 aromatic rings. The Morgan fingerprint density at radius 3 is 2.26 bits per heavy atom. The normalized spacial score (nSPS) is 16.3. The molecule has 2 amide bonds. The van der Waals surface area contributed by atoms with Crippen LogP contribution >= 0.6 is 0 Å². The molecule has 2 aliphatic heterocycles. The van der Waals surface area contributed by atoms with Crippen LogP contribution in [0.1, 0.15) is 41.5 Å². The van der Waals surface area contributed by atoms with E-state index in [9.17, 15) is 9.59 Å². The zero-order valence-electron chi connectivity index (χ0n) is 20.3. The van der Waals surface area contributed by atoms with Crippen LogP contribution < -0.4 is 10.2 Å². The van der Waals surface area contributed by atoms with Gasteiger partial charge in [0.15, 0.2) is 0 Å². The molecule has 1 fully saturated rings. The third kappa shape index (κ3) is 4.69. The maximum absolute atomic E-state index is 13.6. The number of piperidine rings is 1. The molecule has 5 rings (SSSR count). The summed E-state index contributed by atoms with van der Waals surface area (Å²) in [5.41, 5.74) is 6.42. The smallest absolute Gasteiger partial charge is 0.278 e. The first-order valence-corrected chi connectivity index (χ1v) is 12.2. The summed E-state index contributed by atoms with van der Waals surface area (Å²) in [7, 11) is 0. The molecule has 0 aliphatic carbocycles. The Morgan fingerprint density at radius 1 is 0.857 bits per heavy atom. The van der Waals surface area contributed by atoms with Crippen LogP contribution in [0.5, 0.6) is 0 Å². The Hall–Kier alpha value is -3.93. The number of hydrogen-bond acceptors (Lipinski definition) is 5. The molecule has 0 atom stereocenters. The number of imide groups is 1. The SMILES string of the molecule is Cc1ccc(C2=C(Nc3ccc(N4CCCCC4)cc3)C(=O)N(Cc3ccncc3)C2=O)c(C)c1. The van der Waals surface area contributed by atoms with Crippen molar-refractivity contribution >= 4 is 28.8 Å². The van der Waals surface area contributed by atoms with Gasteiger partial charge in [-0.3, -0.25) is 19.5 Å². The van der Waals surface area contributed by atoms with Gasteiger partial charge in [-0.15, -0.1) is 0 Å². The second-order valence-corrected chi connectivity index (χ2v) is 9.34. The second-order valence-electron chi connectivity index (χ2n) is 9.34. The Balaban J connectivity index is 1.48. The quantitative estimate of drug-likeness (QED) is 0.513. The van der Waals surface area contributed by atoms with Gasteiger partial charge in [0.25, 0.3) is 11.8 Å². The summed E-state index contributed by atoms with van der Waals surface area (Å²) >= 11 is 0. The van der Waals surface area contributed by atoms with Gasteiger partial charge < -0.3 is 10.2 Å². The van der Waals surface area contributed by atoms with Gasteiger partial charge in [-0.25, -0.2) is 0 Å². The van der Waals surface area contributed by atoms with Crippen molar-refractivity contribution in [1.82, 2.24) is 9.88 Å². The summed E-state index contributed by atoms with van der Waals surface area (Å²) in [5.74, 6) is -0.604. The lowest BCUT2D eigenvalue weighted by Gasteiger charge is -2.28. The van der Waals surface area contributed by atoms with E-state index in [1.54, 1.807) is 12.4 Å². The number of nitrogens with one attached hydrogen (secondary N) is 1. The number of aryl methyl sites for hydroxylation is 2. The zero-order valence-corrected chi connectivity index (χ0v) is 20.3. The highest BCUT2D eigenvalue weighted by Crippen LogP contribution is 2.34. The minimum absolute atomic E-state index is 0.202. The first kappa shape index (κ1) is 22.8. The van der Waals surface area contributed by atoms with Gasteiger partial charge in [-0.05, 0) is 86.2 Å². The standard InChI is InChI=1S/C29H30N4O2/c1-20-6-11-25(21(2)18-20)26-27(29(35)33(28(26)34)19-22-12-14-30-15-13-22)31-23-7-9-24(10-8-23)32-16-4-3-5-17-32/h6-15,18,31H,3-5,16-17,19H2,1-2H3. The lowest BCUT2D eigenvalue weighted by atomic mass is 9.97.